The van der Waals surface area contributed by atoms with Gasteiger partial charge in [-0.15, -0.1) is 0 Å². The van der Waals surface area contributed by atoms with E-state index in [0.29, 0.717) is 11.6 Å². The van der Waals surface area contributed by atoms with Crippen molar-refractivity contribution in [2.24, 2.45) is 5.73 Å². The number of carbonyl (C=O) groups is 3. The van der Waals surface area contributed by atoms with Crippen molar-refractivity contribution in [1.82, 2.24) is 20.5 Å². The zero-order valence-electron chi connectivity index (χ0n) is 18.1. The van der Waals surface area contributed by atoms with Gasteiger partial charge in [-0.05, 0) is 23.1 Å². The summed E-state index contributed by atoms with van der Waals surface area (Å²) < 4.78 is 14.1. The molecule has 0 saturated carbocycles. The lowest BCUT2D eigenvalue weighted by atomic mass is 10.00. The minimum absolute atomic E-state index is 0.116. The van der Waals surface area contributed by atoms with Crippen molar-refractivity contribution in [3.63, 3.8) is 0 Å². The summed E-state index contributed by atoms with van der Waals surface area (Å²) in [5.74, 6) is -0.740. The first-order valence-electron chi connectivity index (χ1n) is 10.5. The van der Waals surface area contributed by atoms with Crippen molar-refractivity contribution in [3.8, 4) is 0 Å². The number of halogens is 1. The van der Waals surface area contributed by atoms with Gasteiger partial charge in [-0.1, -0.05) is 50.2 Å². The number of alkyl halides is 1. The molecule has 1 aliphatic rings. The van der Waals surface area contributed by atoms with Gasteiger partial charge in [-0.3, -0.25) is 14.6 Å². The van der Waals surface area contributed by atoms with Gasteiger partial charge in [-0.2, -0.15) is 0 Å². The Balaban J connectivity index is 1.82. The minimum atomic E-state index is -1.33. The summed E-state index contributed by atoms with van der Waals surface area (Å²) in [4.78, 5) is 42.2. The van der Waals surface area contributed by atoms with Gasteiger partial charge in [0.05, 0.1) is 24.8 Å². The fourth-order valence-electron chi connectivity index (χ4n) is 3.71. The summed E-state index contributed by atoms with van der Waals surface area (Å²) in [6, 6.07) is 10.7. The summed E-state index contributed by atoms with van der Waals surface area (Å²) in [6.45, 7) is 3.53. The van der Waals surface area contributed by atoms with Gasteiger partial charge in [-0.25, -0.2) is 9.18 Å². The number of carbonyl (C=O) groups excluding carboxylic acids is 3. The second-order valence-corrected chi connectivity index (χ2v) is 8.14. The molecule has 2 heterocycles. The molecule has 9 heteroatoms. The second kappa shape index (κ2) is 10.2. The number of primary amides is 1. The highest BCUT2D eigenvalue weighted by Gasteiger charge is 2.40. The Hall–Kier alpha value is -3.49. The number of nitrogens with zero attached hydrogens (tertiary/aromatic N) is 2. The number of amides is 4. The van der Waals surface area contributed by atoms with Crippen molar-refractivity contribution in [1.29, 1.82) is 0 Å². The molecule has 3 atom stereocenters. The molecule has 3 rings (SSSR count). The van der Waals surface area contributed by atoms with Crippen molar-refractivity contribution < 1.29 is 18.8 Å². The zero-order chi connectivity index (χ0) is 23.3. The Bertz CT molecular complexity index is 952. The Morgan fingerprint density at radius 2 is 1.88 bits per heavy atom. The predicted octanol–water partition coefficient (Wildman–Crippen LogP) is 2.02. The normalized spacial score (nSPS) is 18.9. The Morgan fingerprint density at radius 3 is 2.47 bits per heavy atom. The fraction of sp³-hybridized carbons (Fsp3) is 0.391. The van der Waals surface area contributed by atoms with Crippen LogP contribution in [0, 0.1) is 0 Å². The lowest BCUT2D eigenvalue weighted by molar-refractivity contribution is -0.137. The average Bonchev–Trinajstić information content (AvgIpc) is 3.18. The van der Waals surface area contributed by atoms with E-state index in [1.165, 1.54) is 0 Å². The number of nitrogens with two attached hydrogens (primary N) is 1. The monoisotopic (exact) mass is 441 g/mol. The van der Waals surface area contributed by atoms with Gasteiger partial charge in [0, 0.05) is 12.6 Å². The maximum Gasteiger partial charge on any atom is 0.312 e. The molecule has 1 aromatic heterocycles. The van der Waals surface area contributed by atoms with Crippen LogP contribution in [0.2, 0.25) is 0 Å². The molecule has 0 bridgehead atoms. The highest BCUT2D eigenvalue weighted by molar-refractivity contribution is 5.90. The SMILES string of the molecule is CC(C)c1ccc(C(NC(=O)C2CC(F)CN2C(=O)CNC(N)=O)c2ccccc2)nc1. The van der Waals surface area contributed by atoms with Crippen LogP contribution in [0.25, 0.3) is 0 Å². The Morgan fingerprint density at radius 1 is 1.16 bits per heavy atom. The van der Waals surface area contributed by atoms with E-state index in [4.69, 9.17) is 5.73 Å². The van der Waals surface area contributed by atoms with Crippen molar-refractivity contribution in [2.75, 3.05) is 13.1 Å². The first kappa shape index (κ1) is 23.2. The number of hydrogen-bond acceptors (Lipinski definition) is 4. The van der Waals surface area contributed by atoms with E-state index in [2.05, 4.69) is 29.5 Å². The number of hydrogen-bond donors (Lipinski definition) is 3. The number of urea groups is 1. The Labute approximate surface area is 186 Å². The van der Waals surface area contributed by atoms with E-state index in [1.54, 1.807) is 6.20 Å². The summed E-state index contributed by atoms with van der Waals surface area (Å²) in [6.07, 6.45) is 0.331. The molecule has 0 radical (unpaired) electrons. The number of nitrogens with one attached hydrogen (secondary N) is 2. The van der Waals surface area contributed by atoms with Crippen LogP contribution >= 0.6 is 0 Å². The molecule has 1 aromatic carbocycles. The summed E-state index contributed by atoms with van der Waals surface area (Å²) in [7, 11) is 0. The molecule has 0 spiro atoms. The topological polar surface area (TPSA) is 117 Å². The zero-order valence-corrected chi connectivity index (χ0v) is 18.1. The van der Waals surface area contributed by atoms with Crippen molar-refractivity contribution in [3.05, 3.63) is 65.5 Å². The quantitative estimate of drug-likeness (QED) is 0.609. The molecule has 4 N–H and O–H groups in total. The van der Waals surface area contributed by atoms with Crippen LogP contribution < -0.4 is 16.4 Å². The van der Waals surface area contributed by atoms with Crippen LogP contribution in [0.5, 0.6) is 0 Å². The molecule has 4 amide bonds. The molecule has 32 heavy (non-hydrogen) atoms. The van der Waals surface area contributed by atoms with E-state index >= 15 is 0 Å². The van der Waals surface area contributed by atoms with Crippen molar-refractivity contribution >= 4 is 17.8 Å². The second-order valence-electron chi connectivity index (χ2n) is 8.14. The highest BCUT2D eigenvalue weighted by Crippen LogP contribution is 2.25. The van der Waals surface area contributed by atoms with Crippen LogP contribution in [0.4, 0.5) is 9.18 Å². The maximum atomic E-state index is 14.1. The van der Waals surface area contributed by atoms with Crippen LogP contribution in [0.15, 0.2) is 48.7 Å². The van der Waals surface area contributed by atoms with Crippen LogP contribution in [-0.4, -0.2) is 53.0 Å². The Kier molecular flexibility index (Phi) is 7.40. The minimum Gasteiger partial charge on any atom is -0.352 e. The summed E-state index contributed by atoms with van der Waals surface area (Å²) in [5.41, 5.74) is 7.52. The van der Waals surface area contributed by atoms with E-state index in [9.17, 15) is 18.8 Å². The predicted molar refractivity (Wildman–Crippen MR) is 117 cm³/mol. The molecular formula is C23H28FN5O3. The third kappa shape index (κ3) is 5.60. The molecule has 1 saturated heterocycles. The highest BCUT2D eigenvalue weighted by atomic mass is 19.1. The van der Waals surface area contributed by atoms with E-state index in [0.717, 1.165) is 16.0 Å². The lowest BCUT2D eigenvalue weighted by Gasteiger charge is -2.26. The number of likely N-dealkylation sites (tertiary alicyclic amines) is 1. The molecule has 170 valence electrons. The first-order valence-corrected chi connectivity index (χ1v) is 10.5. The van der Waals surface area contributed by atoms with Crippen LogP contribution in [0.1, 0.15) is 49.0 Å². The lowest BCUT2D eigenvalue weighted by Crippen LogP contribution is -2.50. The first-order chi connectivity index (χ1) is 15.3. The van der Waals surface area contributed by atoms with Gasteiger partial charge in [0.25, 0.3) is 0 Å². The van der Waals surface area contributed by atoms with Crippen LogP contribution in [-0.2, 0) is 9.59 Å². The fourth-order valence-corrected chi connectivity index (χ4v) is 3.71. The third-order valence-electron chi connectivity index (χ3n) is 5.48. The smallest absolute Gasteiger partial charge is 0.312 e. The van der Waals surface area contributed by atoms with Gasteiger partial charge in [0.15, 0.2) is 0 Å². The maximum absolute atomic E-state index is 14.1. The molecular weight excluding hydrogens is 413 g/mol. The van der Waals surface area contributed by atoms with E-state index in [1.807, 2.05) is 42.5 Å². The number of pyridine rings is 1. The molecule has 3 unspecified atom stereocenters. The molecule has 0 aliphatic carbocycles. The standard InChI is InChI=1S/C23H28FN5O3/c1-14(2)16-8-9-18(26-11-16)21(15-6-4-3-5-7-15)28-22(31)19-10-17(24)13-29(19)20(30)12-27-23(25)32/h3-9,11,14,17,19,21H,10,12-13H2,1-2H3,(H,28,31)(H3,25,27,32). The molecule has 8 nitrogen and oxygen atoms in total. The van der Waals surface area contributed by atoms with Crippen molar-refractivity contribution in [2.45, 2.75) is 44.4 Å². The van der Waals surface area contributed by atoms with Gasteiger partial charge >= 0.3 is 6.03 Å². The largest absolute Gasteiger partial charge is 0.352 e. The van der Waals surface area contributed by atoms with Crippen LogP contribution in [0.3, 0.4) is 0 Å². The molecule has 2 aromatic rings. The van der Waals surface area contributed by atoms with Gasteiger partial charge in [0.1, 0.15) is 12.2 Å². The number of rotatable bonds is 7. The van der Waals surface area contributed by atoms with E-state index in [-0.39, 0.29) is 13.0 Å². The molecule has 1 fully saturated rings. The number of aromatic nitrogens is 1. The van der Waals surface area contributed by atoms with Gasteiger partial charge in [0.2, 0.25) is 11.8 Å². The number of benzene rings is 1. The third-order valence-corrected chi connectivity index (χ3v) is 5.48. The average molecular weight is 442 g/mol. The molecule has 1 aliphatic heterocycles. The van der Waals surface area contributed by atoms with E-state index < -0.39 is 42.6 Å². The summed E-state index contributed by atoms with van der Waals surface area (Å²) in [5, 5.41) is 5.12. The summed E-state index contributed by atoms with van der Waals surface area (Å²) >= 11 is 0. The van der Waals surface area contributed by atoms with Gasteiger partial charge < -0.3 is 21.3 Å².